The number of amides is 1. The van der Waals surface area contributed by atoms with Gasteiger partial charge in [-0.25, -0.2) is 5.43 Å². The van der Waals surface area contributed by atoms with E-state index < -0.39 is 10.8 Å². The first kappa shape index (κ1) is 23.9. The Kier molecular flexibility index (Phi) is 7.39. The summed E-state index contributed by atoms with van der Waals surface area (Å²) >= 11 is 6.33. The topological polar surface area (TPSA) is 125 Å². The largest absolute Gasteiger partial charge is 0.493 e. The van der Waals surface area contributed by atoms with Crippen LogP contribution in [0.1, 0.15) is 36.4 Å². The highest BCUT2D eigenvalue weighted by Gasteiger charge is 2.19. The number of methoxy groups -OCH3 is 2. The summed E-state index contributed by atoms with van der Waals surface area (Å²) in [5.74, 6) is 0.264. The predicted molar refractivity (Wildman–Crippen MR) is 123 cm³/mol. The number of halogens is 1. The molecule has 3 aromatic rings. The number of nitrogens with one attached hydrogen (secondary N) is 1. The lowest BCUT2D eigenvalue weighted by Gasteiger charge is -2.17. The molecule has 0 saturated carbocycles. The second-order valence-electron chi connectivity index (χ2n) is 7.00. The molecule has 0 spiro atoms. The normalized spacial score (nSPS) is 12.0. The van der Waals surface area contributed by atoms with Gasteiger partial charge in [0, 0.05) is 11.5 Å². The molecule has 10 nitrogen and oxygen atoms in total. The van der Waals surface area contributed by atoms with Gasteiger partial charge in [0.1, 0.15) is 0 Å². The number of nitrogens with zero attached hydrogens (tertiary/aromatic N) is 2. The molecule has 1 N–H and O–H groups in total. The van der Waals surface area contributed by atoms with Gasteiger partial charge in [0.15, 0.2) is 28.6 Å². The Labute approximate surface area is 194 Å². The molecule has 33 heavy (non-hydrogen) atoms. The molecule has 11 heteroatoms. The molecular formula is C22H22ClN3O7. The Morgan fingerprint density at radius 2 is 1.97 bits per heavy atom. The molecule has 1 aromatic heterocycles. The van der Waals surface area contributed by atoms with Gasteiger partial charge in [-0.05, 0) is 37.1 Å². The fourth-order valence-corrected chi connectivity index (χ4v) is 3.17. The van der Waals surface area contributed by atoms with Crippen LogP contribution in [0.15, 0.2) is 39.9 Å². The van der Waals surface area contributed by atoms with Crippen molar-refractivity contribution in [1.29, 1.82) is 0 Å². The fraction of sp³-hybridized carbons (Fsp3) is 0.273. The van der Waals surface area contributed by atoms with Gasteiger partial charge in [0.05, 0.1) is 42.6 Å². The lowest BCUT2D eigenvalue weighted by atomic mass is 10.2. The third-order valence-corrected chi connectivity index (χ3v) is 5.03. The average molecular weight is 476 g/mol. The number of ether oxygens (including phenoxy) is 3. The molecule has 3 rings (SSSR count). The number of hydrazone groups is 1. The second-order valence-corrected chi connectivity index (χ2v) is 7.41. The Morgan fingerprint density at radius 1 is 1.24 bits per heavy atom. The van der Waals surface area contributed by atoms with E-state index in [1.54, 1.807) is 12.1 Å². The van der Waals surface area contributed by atoms with Gasteiger partial charge in [-0.3, -0.25) is 14.9 Å². The third kappa shape index (κ3) is 5.35. The number of carbonyl (C=O) groups is 1. The van der Waals surface area contributed by atoms with Crippen molar-refractivity contribution < 1.29 is 28.3 Å². The number of rotatable bonds is 9. The number of furan rings is 1. The van der Waals surface area contributed by atoms with Crippen LogP contribution in [-0.4, -0.2) is 37.4 Å². The Balaban J connectivity index is 1.79. The first-order chi connectivity index (χ1) is 15.8. The fourth-order valence-electron chi connectivity index (χ4n) is 2.91. The highest BCUT2D eigenvalue weighted by atomic mass is 35.5. The molecule has 0 fully saturated rings. The van der Waals surface area contributed by atoms with Crippen LogP contribution in [-0.2, 0) is 0 Å². The van der Waals surface area contributed by atoms with Crippen molar-refractivity contribution in [2.45, 2.75) is 26.4 Å². The zero-order chi connectivity index (χ0) is 24.1. The van der Waals surface area contributed by atoms with Crippen molar-refractivity contribution in [3.05, 3.63) is 56.8 Å². The Hall–Kier alpha value is -3.79. The molecule has 0 aliphatic rings. The van der Waals surface area contributed by atoms with E-state index in [9.17, 15) is 14.9 Å². The lowest BCUT2D eigenvalue weighted by Crippen LogP contribution is -2.16. The first-order valence-corrected chi connectivity index (χ1v) is 10.3. The van der Waals surface area contributed by atoms with Gasteiger partial charge in [-0.2, -0.15) is 5.10 Å². The number of benzene rings is 2. The SMILES string of the molecule is CC[C@@H](C)Oc1c(Cl)cc(/C=N\NC(=O)c2cc3cc([N+](=O)[O-])cc(OC)c3o2)cc1OC. The van der Waals surface area contributed by atoms with Crippen molar-refractivity contribution >= 4 is 40.4 Å². The summed E-state index contributed by atoms with van der Waals surface area (Å²) in [6.45, 7) is 3.92. The van der Waals surface area contributed by atoms with E-state index >= 15 is 0 Å². The number of nitro groups is 1. The zero-order valence-corrected chi connectivity index (χ0v) is 19.1. The number of fused-ring (bicyclic) bond motifs is 1. The number of hydrogen-bond donors (Lipinski definition) is 1. The molecule has 174 valence electrons. The summed E-state index contributed by atoms with van der Waals surface area (Å²) in [4.78, 5) is 23.0. The number of hydrogen-bond acceptors (Lipinski definition) is 8. The molecule has 0 saturated heterocycles. The van der Waals surface area contributed by atoms with E-state index in [-0.39, 0.29) is 28.9 Å². The summed E-state index contributed by atoms with van der Waals surface area (Å²) in [6.07, 6.45) is 2.14. The van der Waals surface area contributed by atoms with E-state index in [1.807, 2.05) is 13.8 Å². The minimum absolute atomic E-state index is 0.0425. The standard InChI is InChI=1S/C22H22ClN3O7/c1-5-12(2)32-21-16(23)6-13(7-17(21)30-3)11-24-25-22(27)19-9-14-8-15(26(28)29)10-18(31-4)20(14)33-19/h6-12H,5H2,1-4H3,(H,25,27)/b24-11-/t12-/m1/s1. The molecule has 1 atom stereocenters. The highest BCUT2D eigenvalue weighted by molar-refractivity contribution is 6.32. The van der Waals surface area contributed by atoms with E-state index in [1.165, 1.54) is 38.6 Å². The van der Waals surface area contributed by atoms with Crippen LogP contribution in [0, 0.1) is 10.1 Å². The summed E-state index contributed by atoms with van der Waals surface area (Å²) in [7, 11) is 2.85. The van der Waals surface area contributed by atoms with Gasteiger partial charge < -0.3 is 18.6 Å². The molecule has 0 aliphatic heterocycles. The molecule has 0 bridgehead atoms. The summed E-state index contributed by atoms with van der Waals surface area (Å²) < 4.78 is 21.8. The summed E-state index contributed by atoms with van der Waals surface area (Å²) in [6, 6.07) is 7.18. The van der Waals surface area contributed by atoms with Gasteiger partial charge in [-0.15, -0.1) is 0 Å². The van der Waals surface area contributed by atoms with Crippen LogP contribution in [0.25, 0.3) is 11.0 Å². The van der Waals surface area contributed by atoms with E-state index in [0.29, 0.717) is 27.5 Å². The summed E-state index contributed by atoms with van der Waals surface area (Å²) in [5.41, 5.74) is 2.94. The minimum Gasteiger partial charge on any atom is -0.493 e. The highest BCUT2D eigenvalue weighted by Crippen LogP contribution is 2.37. The molecule has 2 aromatic carbocycles. The number of carbonyl (C=O) groups excluding carboxylic acids is 1. The van der Waals surface area contributed by atoms with Crippen LogP contribution in [0.5, 0.6) is 17.2 Å². The van der Waals surface area contributed by atoms with Crippen LogP contribution in [0.2, 0.25) is 5.02 Å². The Morgan fingerprint density at radius 3 is 2.61 bits per heavy atom. The van der Waals surface area contributed by atoms with E-state index in [4.69, 9.17) is 30.2 Å². The lowest BCUT2D eigenvalue weighted by molar-refractivity contribution is -0.384. The van der Waals surface area contributed by atoms with Crippen LogP contribution >= 0.6 is 11.6 Å². The van der Waals surface area contributed by atoms with Gasteiger partial charge in [-0.1, -0.05) is 18.5 Å². The quantitative estimate of drug-likeness (QED) is 0.263. The maximum Gasteiger partial charge on any atom is 0.307 e. The molecule has 1 amide bonds. The monoisotopic (exact) mass is 475 g/mol. The van der Waals surface area contributed by atoms with Gasteiger partial charge in [0.25, 0.3) is 5.69 Å². The second kappa shape index (κ2) is 10.2. The van der Waals surface area contributed by atoms with Crippen molar-refractivity contribution in [3.8, 4) is 17.2 Å². The molecule has 0 radical (unpaired) electrons. The van der Waals surface area contributed by atoms with Crippen molar-refractivity contribution in [2.24, 2.45) is 5.10 Å². The van der Waals surface area contributed by atoms with E-state index in [0.717, 1.165) is 6.42 Å². The predicted octanol–water partition coefficient (Wildman–Crippen LogP) is 4.95. The molecule has 1 heterocycles. The van der Waals surface area contributed by atoms with Gasteiger partial charge >= 0.3 is 5.91 Å². The number of non-ortho nitro benzene ring substituents is 1. The number of nitro benzene ring substituents is 1. The maximum atomic E-state index is 12.5. The molecule has 0 aliphatic carbocycles. The smallest absolute Gasteiger partial charge is 0.307 e. The third-order valence-electron chi connectivity index (χ3n) is 4.75. The Bertz CT molecular complexity index is 1220. The van der Waals surface area contributed by atoms with Crippen LogP contribution in [0.3, 0.4) is 0 Å². The average Bonchev–Trinajstić information content (AvgIpc) is 3.24. The molecule has 0 unspecified atom stereocenters. The van der Waals surface area contributed by atoms with Crippen LogP contribution in [0.4, 0.5) is 5.69 Å². The maximum absolute atomic E-state index is 12.5. The first-order valence-electron chi connectivity index (χ1n) is 9.90. The summed E-state index contributed by atoms with van der Waals surface area (Å²) in [5, 5.41) is 15.7. The zero-order valence-electron chi connectivity index (χ0n) is 18.4. The van der Waals surface area contributed by atoms with Crippen molar-refractivity contribution in [2.75, 3.05) is 14.2 Å². The van der Waals surface area contributed by atoms with E-state index in [2.05, 4.69) is 10.5 Å². The van der Waals surface area contributed by atoms with Crippen molar-refractivity contribution in [1.82, 2.24) is 5.43 Å². The molecular weight excluding hydrogens is 454 g/mol. The van der Waals surface area contributed by atoms with Crippen molar-refractivity contribution in [3.63, 3.8) is 0 Å². The van der Waals surface area contributed by atoms with Gasteiger partial charge in [0.2, 0.25) is 0 Å². The van der Waals surface area contributed by atoms with Crippen LogP contribution < -0.4 is 19.6 Å². The minimum atomic E-state index is -0.651.